The Bertz CT molecular complexity index is 2420. The molecule has 1 aliphatic rings. The lowest BCUT2D eigenvalue weighted by Gasteiger charge is -2.48. The maximum absolute atomic E-state index is 15.8. The number of hydrogen-bond donors (Lipinski definition) is 5. The fraction of sp³-hybridized carbons (Fsp3) is 0.797. The molecule has 12 atom stereocenters. The van der Waals surface area contributed by atoms with Crippen molar-refractivity contribution in [2.45, 2.75) is 229 Å². The average molecular weight is 1260 g/mol. The van der Waals surface area contributed by atoms with Crippen molar-refractivity contribution >= 4 is 76.7 Å². The van der Waals surface area contributed by atoms with Crippen LogP contribution in [0.3, 0.4) is 0 Å². The number of amides is 11. The molecular formula is C64H115N11O12S. The summed E-state index contributed by atoms with van der Waals surface area (Å²) in [5.41, 5.74) is 0. The first-order chi connectivity index (χ1) is 40.6. The quantitative estimate of drug-likeness (QED) is 0.127. The van der Waals surface area contributed by atoms with Gasteiger partial charge in [0.25, 0.3) is 5.91 Å². The molecule has 0 unspecified atom stereocenters. The van der Waals surface area contributed by atoms with Gasteiger partial charge in [0.2, 0.25) is 59.1 Å². The third-order valence-corrected chi connectivity index (χ3v) is 18.3. The average Bonchev–Trinajstić information content (AvgIpc) is 1.29. The predicted octanol–water partition coefficient (Wildman–Crippen LogP) is 4.35. The zero-order valence-electron chi connectivity index (χ0n) is 58.1. The Morgan fingerprint density at radius 1 is 0.534 bits per heavy atom. The molecule has 0 aromatic carbocycles. The van der Waals surface area contributed by atoms with E-state index in [1.807, 2.05) is 75.3 Å². The molecule has 504 valence electrons. The normalized spacial score (nSPS) is 27.2. The summed E-state index contributed by atoms with van der Waals surface area (Å²) in [6.07, 6.45) is 2.99. The summed E-state index contributed by atoms with van der Waals surface area (Å²) in [5, 5.41) is 23.3. The largest absolute Gasteiger partial charge is 0.390 e. The van der Waals surface area contributed by atoms with E-state index in [1.54, 1.807) is 47.6 Å². The molecule has 0 aliphatic carbocycles. The zero-order valence-corrected chi connectivity index (χ0v) is 58.9. The van der Waals surface area contributed by atoms with E-state index in [4.69, 9.17) is 0 Å². The first-order valence-corrected chi connectivity index (χ1v) is 32.6. The van der Waals surface area contributed by atoms with E-state index >= 15 is 19.2 Å². The Balaban J connectivity index is 4.47. The van der Waals surface area contributed by atoms with Crippen molar-refractivity contribution in [3.63, 3.8) is 0 Å². The summed E-state index contributed by atoms with van der Waals surface area (Å²) in [4.78, 5) is 169. The molecule has 0 aromatic heterocycles. The van der Waals surface area contributed by atoms with Gasteiger partial charge in [-0.05, 0) is 106 Å². The molecule has 11 amide bonds. The topological polar surface area (TPSA) is 279 Å². The third-order valence-electron chi connectivity index (χ3n) is 16.7. The van der Waals surface area contributed by atoms with E-state index in [2.05, 4.69) is 21.3 Å². The van der Waals surface area contributed by atoms with Crippen LogP contribution in [0.1, 0.15) is 163 Å². The number of carbonyl (C=O) groups is 11. The zero-order chi connectivity index (χ0) is 68.3. The van der Waals surface area contributed by atoms with Gasteiger partial charge in [0.05, 0.1) is 12.6 Å². The number of aliphatic hydroxyl groups is 1. The summed E-state index contributed by atoms with van der Waals surface area (Å²) in [7, 11) is 10.0. The molecule has 24 heteroatoms. The van der Waals surface area contributed by atoms with Crippen molar-refractivity contribution in [2.24, 2.45) is 41.4 Å². The second-order valence-corrected chi connectivity index (χ2v) is 28.1. The summed E-state index contributed by atoms with van der Waals surface area (Å²) in [6, 6.07) is -11.2. The number of nitrogens with one attached hydrogen (secondary N) is 4. The first-order valence-electron chi connectivity index (χ1n) is 31.6. The van der Waals surface area contributed by atoms with Gasteiger partial charge in [-0.15, -0.1) is 11.8 Å². The van der Waals surface area contributed by atoms with Gasteiger partial charge in [-0.25, -0.2) is 0 Å². The van der Waals surface area contributed by atoms with E-state index < -0.39 is 155 Å². The van der Waals surface area contributed by atoms with Gasteiger partial charge >= 0.3 is 0 Å². The molecule has 0 saturated carbocycles. The molecule has 1 heterocycles. The van der Waals surface area contributed by atoms with E-state index in [0.29, 0.717) is 12.2 Å². The maximum Gasteiger partial charge on any atom is 0.259 e. The lowest BCUT2D eigenvalue weighted by molar-refractivity contribution is -0.159. The SMILES string of the molecule is C/C=C/C[C@@H](C)[C@@H](O)[C@H]1C(=O)N[C@@H](CC)C(=O)N(C)CC(=O)N(C)[C@@H](CC(C)C)C(=O)N[C@@H](C(C)C)C(=O)N(C)[C@@H](CC(C)C)C(=O)N[C@@H](C)C(=O)N[C@H](C)C(=O)N(C)[C@@H](CC(C)C)C(=O)N(C)[C@@H](CC(C)C)C(=O)N(C)[C@](SCC)(C(C)C)C(=O)N1C. The Kier molecular flexibility index (Phi) is 33.0. The summed E-state index contributed by atoms with van der Waals surface area (Å²) in [5.74, 6) is -9.56. The molecule has 1 rings (SSSR count). The Morgan fingerprint density at radius 2 is 0.977 bits per heavy atom. The van der Waals surface area contributed by atoms with Gasteiger partial charge in [0, 0.05) is 49.3 Å². The molecule has 5 N–H and O–H groups in total. The second-order valence-electron chi connectivity index (χ2n) is 26.6. The molecule has 1 fully saturated rings. The first kappa shape index (κ1) is 80.2. The number of allylic oxidation sites excluding steroid dienone is 2. The van der Waals surface area contributed by atoms with Crippen molar-refractivity contribution in [1.29, 1.82) is 0 Å². The molecule has 0 spiro atoms. The highest BCUT2D eigenvalue weighted by atomic mass is 32.2. The van der Waals surface area contributed by atoms with Gasteiger partial charge in [0.15, 0.2) is 4.87 Å². The maximum atomic E-state index is 15.8. The lowest BCUT2D eigenvalue weighted by atomic mass is 9.91. The predicted molar refractivity (Wildman–Crippen MR) is 346 cm³/mol. The summed E-state index contributed by atoms with van der Waals surface area (Å²) in [6.45, 7) is 31.3. The van der Waals surface area contributed by atoms with Crippen LogP contribution in [0, 0.1) is 41.4 Å². The monoisotopic (exact) mass is 1260 g/mol. The number of likely N-dealkylation sites (N-methyl/N-ethyl adjacent to an activating group) is 7. The van der Waals surface area contributed by atoms with Crippen LogP contribution in [0.4, 0.5) is 0 Å². The van der Waals surface area contributed by atoms with Crippen LogP contribution in [0.2, 0.25) is 0 Å². The molecule has 88 heavy (non-hydrogen) atoms. The van der Waals surface area contributed by atoms with Gasteiger partial charge in [-0.3, -0.25) is 52.7 Å². The highest BCUT2D eigenvalue weighted by molar-refractivity contribution is 8.01. The number of carbonyl (C=O) groups excluding carboxylic acids is 11. The van der Waals surface area contributed by atoms with Crippen LogP contribution in [-0.2, 0) is 52.7 Å². The van der Waals surface area contributed by atoms with Crippen LogP contribution in [-0.4, -0.2) is 231 Å². The minimum absolute atomic E-state index is 0.0159. The molecule has 0 radical (unpaired) electrons. The van der Waals surface area contributed by atoms with Gasteiger partial charge in [-0.1, -0.05) is 116 Å². The standard InChI is InChI=1S/C64H115N11O12S/c1-26-29-30-42(16)53(77)52-57(81)67-45(27-2)59(83)69(19)35-50(76)70(20)46(31-36(4)5)56(80)68-51(40(12)13)62(86)71(21)47(32-37(6)7)55(79)65-43(17)54(78)66-44(18)58(82)72(22)48(33-38(8)9)60(84)73(23)49(34-39(10)11)61(85)75(25)64(41(14)15,88-28-3)63(87)74(52)24/h26,29,36-49,51-53,77H,27-28,30-35H2,1-25H3,(H,65,79)(H,66,78)(H,67,81)(H,68,80)/b29-26+/t42-,43+,44-,45+,46+,47+,48+,49+,51+,52+,53-,64+/m1/s1. The number of hydrogen-bond acceptors (Lipinski definition) is 13. The summed E-state index contributed by atoms with van der Waals surface area (Å²) < 4.78 is 0. The van der Waals surface area contributed by atoms with Crippen molar-refractivity contribution in [3.8, 4) is 0 Å². The highest BCUT2D eigenvalue weighted by Crippen LogP contribution is 2.40. The van der Waals surface area contributed by atoms with Crippen molar-refractivity contribution in [1.82, 2.24) is 55.6 Å². The van der Waals surface area contributed by atoms with E-state index in [9.17, 15) is 38.7 Å². The molecule has 0 bridgehead atoms. The van der Waals surface area contributed by atoms with Crippen LogP contribution in [0.15, 0.2) is 12.2 Å². The molecule has 23 nitrogen and oxygen atoms in total. The minimum atomic E-state index is -1.77. The molecular weight excluding hydrogens is 1150 g/mol. The van der Waals surface area contributed by atoms with Crippen molar-refractivity contribution in [3.05, 3.63) is 12.2 Å². The second kappa shape index (κ2) is 36.2. The van der Waals surface area contributed by atoms with Crippen molar-refractivity contribution in [2.75, 3.05) is 61.6 Å². The Labute approximate surface area is 531 Å². The van der Waals surface area contributed by atoms with Crippen molar-refractivity contribution < 1.29 is 57.8 Å². The number of nitrogens with zero attached hydrogens (tertiary/aromatic N) is 7. The fourth-order valence-electron chi connectivity index (χ4n) is 11.2. The third kappa shape index (κ3) is 21.2. The smallest absolute Gasteiger partial charge is 0.259 e. The van der Waals surface area contributed by atoms with E-state index in [1.165, 1.54) is 87.7 Å². The minimum Gasteiger partial charge on any atom is -0.390 e. The lowest BCUT2D eigenvalue weighted by Crippen LogP contribution is -2.68. The Morgan fingerprint density at radius 3 is 1.43 bits per heavy atom. The van der Waals surface area contributed by atoms with Crippen LogP contribution in [0.5, 0.6) is 0 Å². The van der Waals surface area contributed by atoms with Gasteiger partial charge in [0.1, 0.15) is 54.4 Å². The van der Waals surface area contributed by atoms with E-state index in [0.717, 1.165) is 21.6 Å². The van der Waals surface area contributed by atoms with E-state index in [-0.39, 0.29) is 55.8 Å². The molecule has 1 saturated heterocycles. The van der Waals surface area contributed by atoms with Crippen LogP contribution < -0.4 is 21.3 Å². The van der Waals surface area contributed by atoms with Gasteiger partial charge < -0.3 is 60.7 Å². The summed E-state index contributed by atoms with van der Waals surface area (Å²) >= 11 is 1.15. The number of rotatable bonds is 17. The number of thioether (sulfide) groups is 1. The highest BCUT2D eigenvalue weighted by Gasteiger charge is 2.54. The Hall–Kier alpha value is -5.78. The number of aliphatic hydroxyl groups excluding tert-OH is 1. The van der Waals surface area contributed by atoms with Crippen LogP contribution >= 0.6 is 11.8 Å². The molecule has 1 aliphatic heterocycles. The van der Waals surface area contributed by atoms with Gasteiger partial charge in [-0.2, -0.15) is 0 Å². The molecule has 0 aromatic rings. The fourth-order valence-corrected chi connectivity index (χ4v) is 12.5. The van der Waals surface area contributed by atoms with Crippen LogP contribution in [0.25, 0.3) is 0 Å².